The van der Waals surface area contributed by atoms with Crippen molar-refractivity contribution in [1.29, 1.82) is 0 Å². The van der Waals surface area contributed by atoms with Crippen molar-refractivity contribution in [2.45, 2.75) is 102 Å². The number of nitro benzene ring substituents is 2. The zero-order valence-electron chi connectivity index (χ0n) is 39.1. The van der Waals surface area contributed by atoms with Crippen LogP contribution in [-0.2, 0) is 28.7 Å². The van der Waals surface area contributed by atoms with E-state index in [4.69, 9.17) is 9.47 Å². The number of hydrogen-bond acceptors (Lipinski definition) is 14. The van der Waals surface area contributed by atoms with E-state index in [1.54, 1.807) is 0 Å². The molecule has 2 heterocycles. The fraction of sp³-hybridized carbons (Fsp3) is 0.640. The first-order chi connectivity index (χ1) is 33.4. The molecule has 10 atom stereocenters. The van der Waals surface area contributed by atoms with Crippen LogP contribution in [0.5, 0.6) is 0 Å². The lowest BCUT2D eigenvalue weighted by molar-refractivity contribution is -0.385. The molecule has 19 heteroatoms. The lowest BCUT2D eigenvalue weighted by atomic mass is 9.56. The standard InChI is InChI=1S/C50H65N7O12/c58-45(51-21-7-27-54-23-3-1-4-24-54)41-33-13-19-37(39(29-33)68-49(62)31-9-15-35(16-10-31)56(64)65)43(41)47(60)53-48(61)44-38-20-14-34(42(44)46(59)52-22-8-28-55-25-5-2-6-26-55)30-40(38)69-50(63)32-11-17-36(18-12-32)57(66)67/h9-12,15-18,33-34,37-44H,1-8,13-14,19-30H2,(H,51,58)(H,52,59)(H,53,60,61). The van der Waals surface area contributed by atoms with E-state index in [-0.39, 0.29) is 46.2 Å². The summed E-state index contributed by atoms with van der Waals surface area (Å²) in [7, 11) is 0. The Morgan fingerprint density at radius 3 is 1.26 bits per heavy atom. The van der Waals surface area contributed by atoms with Crippen LogP contribution >= 0.6 is 0 Å². The van der Waals surface area contributed by atoms with Gasteiger partial charge in [-0.1, -0.05) is 12.8 Å². The molecule has 2 saturated heterocycles. The third-order valence-corrected chi connectivity index (χ3v) is 15.9. The first kappa shape index (κ1) is 49.6. The summed E-state index contributed by atoms with van der Waals surface area (Å²) >= 11 is 0. The fourth-order valence-corrected chi connectivity index (χ4v) is 12.5. The number of nitrogens with one attached hydrogen (secondary N) is 3. The number of rotatable bonds is 18. The van der Waals surface area contributed by atoms with Gasteiger partial charge in [-0.3, -0.25) is 44.7 Å². The monoisotopic (exact) mass is 955 g/mol. The minimum absolute atomic E-state index is 0.0909. The molecule has 0 aromatic heterocycles. The van der Waals surface area contributed by atoms with E-state index in [0.29, 0.717) is 51.6 Å². The molecular weight excluding hydrogens is 891 g/mol. The number of nitrogens with zero attached hydrogens (tertiary/aromatic N) is 4. The average molecular weight is 956 g/mol. The van der Waals surface area contributed by atoms with Crippen molar-refractivity contribution >= 4 is 46.9 Å². The van der Waals surface area contributed by atoms with Gasteiger partial charge in [0.1, 0.15) is 12.2 Å². The lowest BCUT2D eigenvalue weighted by Gasteiger charge is -2.51. The number of fused-ring (bicyclic) bond motifs is 6. The van der Waals surface area contributed by atoms with Crippen LogP contribution < -0.4 is 16.0 Å². The summed E-state index contributed by atoms with van der Waals surface area (Å²) in [6.07, 6.45) is 9.51. The molecule has 3 N–H and O–H groups in total. The molecule has 2 aromatic rings. The normalized spacial score (nSPS) is 28.8. The van der Waals surface area contributed by atoms with Gasteiger partial charge in [0, 0.05) is 49.2 Å². The van der Waals surface area contributed by atoms with Crippen molar-refractivity contribution in [3.05, 3.63) is 79.9 Å². The second-order valence-electron chi connectivity index (χ2n) is 20.0. The van der Waals surface area contributed by atoms with Crippen molar-refractivity contribution in [3.8, 4) is 0 Å². The van der Waals surface area contributed by atoms with Crippen LogP contribution in [0.1, 0.15) is 111 Å². The molecule has 10 rings (SSSR count). The Morgan fingerprint density at radius 1 is 0.522 bits per heavy atom. The fourth-order valence-electron chi connectivity index (χ4n) is 12.5. The summed E-state index contributed by atoms with van der Waals surface area (Å²) in [6, 6.07) is 10.1. The second-order valence-corrected chi connectivity index (χ2v) is 20.0. The SMILES string of the molecule is O=C(OC1CC2CCC1C(C(=O)NC(=O)C1C3CCC(CC3OC(=O)c3ccc([N+](=O)[O-])cc3)C1C(=O)NCCCN1CCCCC1)C2C(=O)NCCCN1CCCCC1)c1ccc([N+](=O)[O-])cc1. The average Bonchev–Trinajstić information content (AvgIpc) is 3.36. The highest BCUT2D eigenvalue weighted by atomic mass is 16.6. The van der Waals surface area contributed by atoms with Crippen LogP contribution in [0.15, 0.2) is 48.5 Å². The quantitative estimate of drug-likeness (QED) is 0.0571. The van der Waals surface area contributed by atoms with Crippen molar-refractivity contribution < 1.29 is 48.1 Å². The Morgan fingerprint density at radius 2 is 0.899 bits per heavy atom. The van der Waals surface area contributed by atoms with Gasteiger partial charge in [-0.15, -0.1) is 0 Å². The lowest BCUT2D eigenvalue weighted by Crippen LogP contribution is -2.61. The Labute approximate surface area is 401 Å². The zero-order valence-corrected chi connectivity index (χ0v) is 39.1. The minimum Gasteiger partial charge on any atom is -0.458 e. The third-order valence-electron chi connectivity index (χ3n) is 15.9. The van der Waals surface area contributed by atoms with Crippen LogP contribution in [0.2, 0.25) is 0 Å². The predicted octanol–water partition coefficient (Wildman–Crippen LogP) is 5.21. The molecule has 4 amide bonds. The molecular formula is C50H65N7O12. The molecule has 69 heavy (non-hydrogen) atoms. The Balaban J connectivity index is 1.01. The summed E-state index contributed by atoms with van der Waals surface area (Å²) in [5.74, 6) is -9.34. The molecule has 8 fully saturated rings. The van der Waals surface area contributed by atoms with Gasteiger partial charge < -0.3 is 29.9 Å². The van der Waals surface area contributed by atoms with Gasteiger partial charge in [-0.2, -0.15) is 0 Å². The molecule has 2 aliphatic heterocycles. The Bertz CT molecular complexity index is 2060. The summed E-state index contributed by atoms with van der Waals surface area (Å²) in [6.45, 7) is 6.53. The first-order valence-corrected chi connectivity index (χ1v) is 25.1. The molecule has 10 unspecified atom stereocenters. The van der Waals surface area contributed by atoms with Gasteiger partial charge in [0.15, 0.2) is 0 Å². The minimum atomic E-state index is -1.07. The highest BCUT2D eigenvalue weighted by molar-refractivity contribution is 6.01. The molecule has 4 bridgehead atoms. The van der Waals surface area contributed by atoms with Crippen LogP contribution in [0.4, 0.5) is 11.4 Å². The van der Waals surface area contributed by atoms with Crippen LogP contribution in [-0.4, -0.2) is 120 Å². The highest BCUT2D eigenvalue weighted by Gasteiger charge is 2.58. The molecule has 372 valence electrons. The number of non-ortho nitro benzene ring substituents is 2. The van der Waals surface area contributed by atoms with E-state index in [2.05, 4.69) is 25.8 Å². The summed E-state index contributed by atoms with van der Waals surface area (Å²) in [4.78, 5) is 112. The predicted molar refractivity (Wildman–Crippen MR) is 249 cm³/mol. The number of carbonyl (C=O) groups excluding carboxylic acids is 6. The number of nitro groups is 2. The maximum atomic E-state index is 14.9. The third kappa shape index (κ3) is 11.8. The van der Waals surface area contributed by atoms with E-state index in [0.717, 1.165) is 77.8 Å². The van der Waals surface area contributed by atoms with E-state index in [1.165, 1.54) is 61.4 Å². The number of ether oxygens (including phenoxy) is 2. The van der Waals surface area contributed by atoms with Gasteiger partial charge in [0.05, 0.1) is 44.6 Å². The molecule has 0 spiro atoms. The maximum absolute atomic E-state index is 14.9. The Kier molecular flexibility index (Phi) is 16.3. The number of carbonyl (C=O) groups is 6. The molecule has 19 nitrogen and oxygen atoms in total. The van der Waals surface area contributed by atoms with Crippen LogP contribution in [0, 0.1) is 67.6 Å². The van der Waals surface area contributed by atoms with Crippen molar-refractivity contribution in [2.75, 3.05) is 52.4 Å². The van der Waals surface area contributed by atoms with Gasteiger partial charge >= 0.3 is 11.9 Å². The van der Waals surface area contributed by atoms with Gasteiger partial charge in [0.25, 0.3) is 11.4 Å². The number of amides is 4. The number of hydrogen-bond donors (Lipinski definition) is 3. The van der Waals surface area contributed by atoms with E-state index < -0.39 is 81.3 Å². The maximum Gasteiger partial charge on any atom is 0.338 e. The van der Waals surface area contributed by atoms with Crippen LogP contribution in [0.25, 0.3) is 0 Å². The van der Waals surface area contributed by atoms with Crippen LogP contribution in [0.3, 0.4) is 0 Å². The van der Waals surface area contributed by atoms with Crippen molar-refractivity contribution in [3.63, 3.8) is 0 Å². The number of esters is 2. The molecule has 0 radical (unpaired) electrons. The smallest absolute Gasteiger partial charge is 0.338 e. The second kappa shape index (κ2) is 22.7. The first-order valence-electron chi connectivity index (χ1n) is 25.1. The van der Waals surface area contributed by atoms with E-state index in [9.17, 15) is 49.0 Å². The zero-order chi connectivity index (χ0) is 48.6. The number of likely N-dealkylation sites (tertiary alicyclic amines) is 2. The Hall–Kier alpha value is -5.82. The molecule has 6 aliphatic carbocycles. The number of piperidine rings is 2. The van der Waals surface area contributed by atoms with Gasteiger partial charge in [-0.05, 0) is 152 Å². The summed E-state index contributed by atoms with van der Waals surface area (Å²) < 4.78 is 12.1. The van der Waals surface area contributed by atoms with Crippen molar-refractivity contribution in [2.24, 2.45) is 47.3 Å². The topological polar surface area (TPSA) is 250 Å². The molecule has 2 aromatic carbocycles. The van der Waals surface area contributed by atoms with E-state index in [1.807, 2.05) is 0 Å². The van der Waals surface area contributed by atoms with Gasteiger partial charge in [0.2, 0.25) is 23.6 Å². The van der Waals surface area contributed by atoms with Gasteiger partial charge in [-0.25, -0.2) is 9.59 Å². The number of imide groups is 1. The number of benzene rings is 2. The molecule has 6 saturated carbocycles. The van der Waals surface area contributed by atoms with E-state index >= 15 is 0 Å². The molecule has 8 aliphatic rings. The summed E-state index contributed by atoms with van der Waals surface area (Å²) in [5.41, 5.74) is -0.203. The summed E-state index contributed by atoms with van der Waals surface area (Å²) in [5, 5.41) is 31.4. The largest absolute Gasteiger partial charge is 0.458 e. The van der Waals surface area contributed by atoms with Crippen molar-refractivity contribution in [1.82, 2.24) is 25.8 Å². The highest BCUT2D eigenvalue weighted by Crippen LogP contribution is 2.52.